The molecule has 27 heavy (non-hydrogen) atoms. The smallest absolute Gasteiger partial charge is 0.270 e. The molecule has 0 saturated carbocycles. The van der Waals surface area contributed by atoms with Crippen molar-refractivity contribution in [2.24, 2.45) is 0 Å². The molecule has 0 atom stereocenters. The van der Waals surface area contributed by atoms with E-state index < -0.39 is 4.92 Å². The second kappa shape index (κ2) is 8.45. The molecular weight excluding hydrogens is 366 g/mol. The van der Waals surface area contributed by atoms with Gasteiger partial charge in [0.1, 0.15) is 0 Å². The zero-order chi connectivity index (χ0) is 19.4. The number of aryl methyl sites for hydroxylation is 1. The minimum Gasteiger partial charge on any atom is -0.368 e. The number of amides is 1. The van der Waals surface area contributed by atoms with Gasteiger partial charge in [0.05, 0.1) is 26.9 Å². The number of piperazine rings is 1. The van der Waals surface area contributed by atoms with E-state index in [0.717, 1.165) is 55.5 Å². The van der Waals surface area contributed by atoms with Gasteiger partial charge in [0.25, 0.3) is 11.6 Å². The summed E-state index contributed by atoms with van der Waals surface area (Å²) in [6.07, 6.45) is 0.959. The number of aromatic nitrogens is 1. The van der Waals surface area contributed by atoms with Crippen LogP contribution in [0.4, 0.5) is 11.4 Å². The summed E-state index contributed by atoms with van der Waals surface area (Å²) >= 11 is 1.70. The van der Waals surface area contributed by atoms with Crippen LogP contribution in [0.1, 0.15) is 28.0 Å². The Morgan fingerprint density at radius 2 is 2.07 bits per heavy atom. The number of nitro benzene ring substituents is 1. The summed E-state index contributed by atoms with van der Waals surface area (Å²) in [6.45, 7) is 6.15. The maximum absolute atomic E-state index is 12.2. The third-order valence-electron chi connectivity index (χ3n) is 4.66. The predicted octanol–water partition coefficient (Wildman–Crippen LogP) is 2.30. The van der Waals surface area contributed by atoms with Gasteiger partial charge in [-0.25, -0.2) is 4.98 Å². The number of nitrogens with one attached hydrogen (secondary N) is 1. The van der Waals surface area contributed by atoms with E-state index >= 15 is 0 Å². The number of benzene rings is 1. The number of rotatable bonds is 6. The van der Waals surface area contributed by atoms with Crippen LogP contribution < -0.4 is 10.2 Å². The van der Waals surface area contributed by atoms with E-state index in [1.807, 2.05) is 0 Å². The lowest BCUT2D eigenvalue weighted by Crippen LogP contribution is -2.46. The Labute approximate surface area is 162 Å². The van der Waals surface area contributed by atoms with Gasteiger partial charge in [-0.05, 0) is 12.5 Å². The zero-order valence-electron chi connectivity index (χ0n) is 15.5. The van der Waals surface area contributed by atoms with E-state index in [-0.39, 0.29) is 11.6 Å². The van der Waals surface area contributed by atoms with Crippen LogP contribution in [0.5, 0.6) is 0 Å². The molecule has 1 fully saturated rings. The van der Waals surface area contributed by atoms with Crippen molar-refractivity contribution in [1.82, 2.24) is 15.2 Å². The van der Waals surface area contributed by atoms with Crippen molar-refractivity contribution < 1.29 is 9.72 Å². The summed E-state index contributed by atoms with van der Waals surface area (Å²) in [4.78, 5) is 31.8. The fraction of sp³-hybridized carbons (Fsp3) is 0.444. The van der Waals surface area contributed by atoms with Gasteiger partial charge in [-0.3, -0.25) is 19.8 Å². The van der Waals surface area contributed by atoms with Crippen LogP contribution in [-0.2, 0) is 13.0 Å². The fourth-order valence-corrected chi connectivity index (χ4v) is 3.93. The average Bonchev–Trinajstić information content (AvgIpc) is 3.15. The van der Waals surface area contributed by atoms with Crippen molar-refractivity contribution in [3.63, 3.8) is 0 Å². The van der Waals surface area contributed by atoms with E-state index in [2.05, 4.69) is 32.4 Å². The number of non-ortho nitro benzene ring substituents is 1. The molecule has 0 radical (unpaired) electrons. The summed E-state index contributed by atoms with van der Waals surface area (Å²) in [5.74, 6) is -0.314. The highest BCUT2D eigenvalue weighted by Gasteiger charge is 2.23. The van der Waals surface area contributed by atoms with Crippen molar-refractivity contribution >= 4 is 28.6 Å². The standard InChI is InChI=1S/C18H23N5O3S/c1-3-17-20-13(12-27-17)11-21-6-8-22(9-7-21)16-5-4-14(23(25)26)10-15(16)18(24)19-2/h4-5,10,12H,3,6-9,11H2,1-2H3,(H,19,24). The Morgan fingerprint density at radius 3 is 2.67 bits per heavy atom. The molecule has 2 aromatic rings. The zero-order valence-corrected chi connectivity index (χ0v) is 16.3. The Morgan fingerprint density at radius 1 is 1.33 bits per heavy atom. The minimum atomic E-state index is -0.480. The second-order valence-electron chi connectivity index (χ2n) is 6.39. The Kier molecular flexibility index (Phi) is 6.02. The molecule has 1 aliphatic rings. The Balaban J connectivity index is 1.69. The fourth-order valence-electron chi connectivity index (χ4n) is 3.19. The molecule has 0 bridgehead atoms. The molecule has 2 heterocycles. The van der Waals surface area contributed by atoms with Crippen LogP contribution >= 0.6 is 11.3 Å². The van der Waals surface area contributed by atoms with Crippen molar-refractivity contribution in [3.05, 3.63) is 50.0 Å². The quantitative estimate of drug-likeness (QED) is 0.602. The number of nitro groups is 1. The molecular formula is C18H23N5O3S. The SMILES string of the molecule is CCc1nc(CN2CCN(c3ccc([N+](=O)[O-])cc3C(=O)NC)CC2)cs1. The van der Waals surface area contributed by atoms with Crippen LogP contribution in [0.2, 0.25) is 0 Å². The van der Waals surface area contributed by atoms with Crippen molar-refractivity contribution in [2.45, 2.75) is 19.9 Å². The van der Waals surface area contributed by atoms with Gasteiger partial charge < -0.3 is 10.2 Å². The molecule has 0 aliphatic carbocycles. The van der Waals surface area contributed by atoms with E-state index in [0.29, 0.717) is 5.56 Å². The first-order valence-corrected chi connectivity index (χ1v) is 9.81. The Hall–Kier alpha value is -2.52. The molecule has 0 spiro atoms. The monoisotopic (exact) mass is 389 g/mol. The summed E-state index contributed by atoms with van der Waals surface area (Å²) in [5, 5.41) is 16.9. The number of hydrogen-bond acceptors (Lipinski definition) is 7. The molecule has 0 unspecified atom stereocenters. The summed E-state index contributed by atoms with van der Waals surface area (Å²) in [7, 11) is 1.53. The highest BCUT2D eigenvalue weighted by molar-refractivity contribution is 7.09. The summed E-state index contributed by atoms with van der Waals surface area (Å²) < 4.78 is 0. The first-order chi connectivity index (χ1) is 13.0. The number of carbonyl (C=O) groups is 1. The normalized spacial score (nSPS) is 15.0. The highest BCUT2D eigenvalue weighted by Crippen LogP contribution is 2.27. The lowest BCUT2D eigenvalue weighted by Gasteiger charge is -2.36. The number of hydrogen-bond donors (Lipinski definition) is 1. The predicted molar refractivity (Wildman–Crippen MR) is 105 cm³/mol. The van der Waals surface area contributed by atoms with Gasteiger partial charge >= 0.3 is 0 Å². The molecule has 3 rings (SSSR count). The van der Waals surface area contributed by atoms with E-state index in [4.69, 9.17) is 0 Å². The van der Waals surface area contributed by atoms with Gasteiger partial charge in [-0.2, -0.15) is 0 Å². The number of nitrogens with zero attached hydrogens (tertiary/aromatic N) is 4. The molecule has 1 aromatic carbocycles. The number of thiazole rings is 1. The topological polar surface area (TPSA) is 91.6 Å². The van der Waals surface area contributed by atoms with E-state index in [1.165, 1.54) is 19.2 Å². The van der Waals surface area contributed by atoms with Crippen LogP contribution in [-0.4, -0.2) is 53.9 Å². The van der Waals surface area contributed by atoms with Crippen LogP contribution in [0.15, 0.2) is 23.6 Å². The van der Waals surface area contributed by atoms with Crippen molar-refractivity contribution in [1.29, 1.82) is 0 Å². The Bertz CT molecular complexity index is 830. The summed E-state index contributed by atoms with van der Waals surface area (Å²) in [6, 6.07) is 4.48. The molecule has 1 aliphatic heterocycles. The summed E-state index contributed by atoms with van der Waals surface area (Å²) in [5.41, 5.74) is 2.10. The maximum Gasteiger partial charge on any atom is 0.270 e. The van der Waals surface area contributed by atoms with Crippen molar-refractivity contribution in [2.75, 3.05) is 38.1 Å². The lowest BCUT2D eigenvalue weighted by molar-refractivity contribution is -0.384. The minimum absolute atomic E-state index is 0.0775. The number of anilines is 1. The lowest BCUT2D eigenvalue weighted by atomic mass is 10.1. The van der Waals surface area contributed by atoms with Gasteiger partial charge in [0, 0.05) is 57.3 Å². The molecule has 8 nitrogen and oxygen atoms in total. The molecule has 1 amide bonds. The molecule has 9 heteroatoms. The van der Waals surface area contributed by atoms with Gasteiger partial charge in [0.2, 0.25) is 0 Å². The number of carbonyl (C=O) groups excluding carboxylic acids is 1. The van der Waals surface area contributed by atoms with Crippen molar-refractivity contribution in [3.8, 4) is 0 Å². The highest BCUT2D eigenvalue weighted by atomic mass is 32.1. The molecule has 144 valence electrons. The van der Waals surface area contributed by atoms with E-state index in [1.54, 1.807) is 17.4 Å². The maximum atomic E-state index is 12.2. The van der Waals surface area contributed by atoms with Crippen LogP contribution in [0.25, 0.3) is 0 Å². The first kappa shape index (κ1) is 19.2. The average molecular weight is 389 g/mol. The van der Waals surface area contributed by atoms with E-state index in [9.17, 15) is 14.9 Å². The first-order valence-electron chi connectivity index (χ1n) is 8.93. The third-order valence-corrected chi connectivity index (χ3v) is 5.70. The molecule has 1 saturated heterocycles. The third kappa shape index (κ3) is 4.42. The molecule has 1 N–H and O–H groups in total. The van der Waals surface area contributed by atoms with Gasteiger partial charge in [-0.15, -0.1) is 11.3 Å². The van der Waals surface area contributed by atoms with Crippen LogP contribution in [0.3, 0.4) is 0 Å². The van der Waals surface area contributed by atoms with Gasteiger partial charge in [0.15, 0.2) is 0 Å². The van der Waals surface area contributed by atoms with Gasteiger partial charge in [-0.1, -0.05) is 6.92 Å². The largest absolute Gasteiger partial charge is 0.368 e. The molecule has 1 aromatic heterocycles. The second-order valence-corrected chi connectivity index (χ2v) is 7.33. The van der Waals surface area contributed by atoms with Crippen LogP contribution in [0, 0.1) is 10.1 Å².